The Kier molecular flexibility index (Phi) is 4.89. The zero-order chi connectivity index (χ0) is 13.9. The summed E-state index contributed by atoms with van der Waals surface area (Å²) in [6, 6.07) is 8.67. The molecule has 0 fully saturated rings. The molecule has 1 aromatic heterocycles. The van der Waals surface area contributed by atoms with Gasteiger partial charge in [0.25, 0.3) is 0 Å². The lowest BCUT2D eigenvalue weighted by Gasteiger charge is -2.12. The van der Waals surface area contributed by atoms with Gasteiger partial charge in [0, 0.05) is 23.8 Å². The summed E-state index contributed by atoms with van der Waals surface area (Å²) in [6.07, 6.45) is 0. The maximum atomic E-state index is 2.34. The normalized spacial score (nSPS) is 10.4. The Morgan fingerprint density at radius 2 is 1.44 bits per heavy atom. The summed E-state index contributed by atoms with van der Waals surface area (Å²) in [5, 5.41) is 2.76. The van der Waals surface area contributed by atoms with E-state index in [-0.39, 0.29) is 0 Å². The summed E-state index contributed by atoms with van der Waals surface area (Å²) in [4.78, 5) is 0. The lowest BCUT2D eigenvalue weighted by atomic mass is 9.97. The molecular formula is C17H26N+. The van der Waals surface area contributed by atoms with Gasteiger partial charge in [-0.05, 0) is 18.4 Å². The molecule has 1 heterocycles. The molecule has 1 nitrogen and oxygen atoms in total. The van der Waals surface area contributed by atoms with Crippen molar-refractivity contribution < 1.29 is 4.57 Å². The van der Waals surface area contributed by atoms with E-state index < -0.39 is 0 Å². The van der Waals surface area contributed by atoms with Crippen LogP contribution in [-0.2, 0) is 7.05 Å². The topological polar surface area (TPSA) is 3.88 Å². The molecule has 0 radical (unpaired) electrons. The van der Waals surface area contributed by atoms with E-state index in [1.54, 1.807) is 0 Å². The molecule has 1 heteroatoms. The number of pyridine rings is 1. The van der Waals surface area contributed by atoms with Crippen LogP contribution in [0.15, 0.2) is 24.3 Å². The maximum absolute atomic E-state index is 2.34. The predicted molar refractivity (Wildman–Crippen MR) is 80.0 cm³/mol. The summed E-state index contributed by atoms with van der Waals surface area (Å²) in [5.41, 5.74) is 4.21. The number of aromatic nitrogens is 1. The van der Waals surface area contributed by atoms with Crippen LogP contribution in [0.25, 0.3) is 10.8 Å². The number of hydrogen-bond acceptors (Lipinski definition) is 0. The van der Waals surface area contributed by atoms with Crippen molar-refractivity contribution in [2.75, 3.05) is 0 Å². The minimum absolute atomic E-state index is 0.563. The zero-order valence-electron chi connectivity index (χ0n) is 12.8. The molecule has 1 aromatic carbocycles. The van der Waals surface area contributed by atoms with Gasteiger partial charge in [-0.1, -0.05) is 45.9 Å². The van der Waals surface area contributed by atoms with Crippen LogP contribution in [0, 0.1) is 13.8 Å². The van der Waals surface area contributed by atoms with Crippen LogP contribution in [0.2, 0.25) is 0 Å². The van der Waals surface area contributed by atoms with Crippen LogP contribution in [0.4, 0.5) is 0 Å². The molecule has 0 saturated heterocycles. The highest BCUT2D eigenvalue weighted by Gasteiger charge is 2.20. The third kappa shape index (κ3) is 2.40. The van der Waals surface area contributed by atoms with Gasteiger partial charge in [-0.25, -0.2) is 4.57 Å². The fourth-order valence-corrected chi connectivity index (χ4v) is 2.70. The molecule has 18 heavy (non-hydrogen) atoms. The van der Waals surface area contributed by atoms with Gasteiger partial charge >= 0.3 is 0 Å². The van der Waals surface area contributed by atoms with Gasteiger partial charge in [-0.3, -0.25) is 0 Å². The monoisotopic (exact) mass is 244 g/mol. The highest BCUT2D eigenvalue weighted by atomic mass is 14.9. The molecule has 0 spiro atoms. The molecule has 0 amide bonds. The molecule has 0 bridgehead atoms. The maximum Gasteiger partial charge on any atom is 0.187 e. The van der Waals surface area contributed by atoms with Gasteiger partial charge in [0.2, 0.25) is 0 Å². The molecule has 0 aliphatic heterocycles. The van der Waals surface area contributed by atoms with Crippen LogP contribution in [0.3, 0.4) is 0 Å². The smallest absolute Gasteiger partial charge is 0.187 e. The van der Waals surface area contributed by atoms with Crippen molar-refractivity contribution in [1.29, 1.82) is 0 Å². The van der Waals surface area contributed by atoms with E-state index in [2.05, 4.69) is 63.6 Å². The number of aryl methyl sites for hydroxylation is 2. The number of benzene rings is 1. The standard InChI is InChI=1S/C15H20N.C2H6/c1-10(2)15-11(3)13-8-6-7-9-14(13)12(4)16(15)5;1-2/h6-10H,1-5H3;1-2H3/q+1;. The minimum atomic E-state index is 0.563. The summed E-state index contributed by atoms with van der Waals surface area (Å²) >= 11 is 0. The lowest BCUT2D eigenvalue weighted by molar-refractivity contribution is -0.685. The first-order valence-corrected chi connectivity index (χ1v) is 6.92. The molecule has 0 saturated carbocycles. The van der Waals surface area contributed by atoms with E-state index in [9.17, 15) is 0 Å². The van der Waals surface area contributed by atoms with Crippen molar-refractivity contribution in [2.24, 2.45) is 7.05 Å². The van der Waals surface area contributed by atoms with E-state index in [1.165, 1.54) is 27.7 Å². The van der Waals surface area contributed by atoms with Crippen molar-refractivity contribution in [2.45, 2.75) is 47.5 Å². The van der Waals surface area contributed by atoms with Gasteiger partial charge in [0.15, 0.2) is 11.4 Å². The van der Waals surface area contributed by atoms with Crippen molar-refractivity contribution in [3.8, 4) is 0 Å². The number of nitrogens with zero attached hydrogens (tertiary/aromatic N) is 1. The second kappa shape index (κ2) is 5.99. The highest BCUT2D eigenvalue weighted by Crippen LogP contribution is 2.25. The van der Waals surface area contributed by atoms with Crippen LogP contribution in [0.5, 0.6) is 0 Å². The highest BCUT2D eigenvalue weighted by molar-refractivity contribution is 5.86. The minimum Gasteiger partial charge on any atom is -0.202 e. The zero-order valence-corrected chi connectivity index (χ0v) is 12.8. The first-order chi connectivity index (χ1) is 8.54. The number of rotatable bonds is 1. The molecule has 2 rings (SSSR count). The largest absolute Gasteiger partial charge is 0.202 e. The van der Waals surface area contributed by atoms with Crippen molar-refractivity contribution in [1.82, 2.24) is 0 Å². The Bertz CT molecular complexity index is 539. The number of fused-ring (bicyclic) bond motifs is 1. The van der Waals surface area contributed by atoms with Gasteiger partial charge in [0.1, 0.15) is 7.05 Å². The molecular weight excluding hydrogens is 218 g/mol. The Morgan fingerprint density at radius 1 is 0.944 bits per heavy atom. The molecule has 2 aromatic rings. The molecule has 0 unspecified atom stereocenters. The Labute approximate surface area is 111 Å². The average molecular weight is 244 g/mol. The summed E-state index contributed by atoms with van der Waals surface area (Å²) < 4.78 is 2.34. The Hall–Kier alpha value is -1.37. The lowest BCUT2D eigenvalue weighted by Crippen LogP contribution is -2.39. The van der Waals surface area contributed by atoms with Gasteiger partial charge in [-0.15, -0.1) is 0 Å². The number of hydrogen-bond donors (Lipinski definition) is 0. The SMILES string of the molecule is CC.Cc1c(C(C)C)[n+](C)c(C)c2ccccc12. The molecule has 0 aliphatic carbocycles. The van der Waals surface area contributed by atoms with E-state index in [4.69, 9.17) is 0 Å². The van der Waals surface area contributed by atoms with Crippen molar-refractivity contribution in [3.05, 3.63) is 41.2 Å². The summed E-state index contributed by atoms with van der Waals surface area (Å²) in [7, 11) is 2.17. The molecule has 0 N–H and O–H groups in total. The van der Waals surface area contributed by atoms with E-state index in [0.29, 0.717) is 5.92 Å². The van der Waals surface area contributed by atoms with Gasteiger partial charge < -0.3 is 0 Å². The van der Waals surface area contributed by atoms with E-state index >= 15 is 0 Å². The third-order valence-corrected chi connectivity index (χ3v) is 3.52. The second-order valence-electron chi connectivity index (χ2n) is 4.85. The molecule has 0 atom stereocenters. The predicted octanol–water partition coefficient (Wildman–Crippen LogP) is 4.43. The first-order valence-electron chi connectivity index (χ1n) is 6.92. The first kappa shape index (κ1) is 14.7. The van der Waals surface area contributed by atoms with Crippen LogP contribution >= 0.6 is 0 Å². The second-order valence-corrected chi connectivity index (χ2v) is 4.85. The quantitative estimate of drug-likeness (QED) is 0.653. The van der Waals surface area contributed by atoms with Gasteiger partial charge in [-0.2, -0.15) is 0 Å². The fourth-order valence-electron chi connectivity index (χ4n) is 2.70. The van der Waals surface area contributed by atoms with E-state index in [1.807, 2.05) is 13.8 Å². The Morgan fingerprint density at radius 3 is 1.94 bits per heavy atom. The van der Waals surface area contributed by atoms with Crippen molar-refractivity contribution in [3.63, 3.8) is 0 Å². The summed E-state index contributed by atoms with van der Waals surface area (Å²) in [6.45, 7) is 13.0. The average Bonchev–Trinajstić information content (AvgIpc) is 2.38. The van der Waals surface area contributed by atoms with Crippen LogP contribution in [0.1, 0.15) is 50.6 Å². The van der Waals surface area contributed by atoms with Crippen LogP contribution < -0.4 is 4.57 Å². The van der Waals surface area contributed by atoms with Crippen LogP contribution in [-0.4, -0.2) is 0 Å². The fraction of sp³-hybridized carbons (Fsp3) is 0.471. The molecule has 98 valence electrons. The van der Waals surface area contributed by atoms with E-state index in [0.717, 1.165) is 0 Å². The van der Waals surface area contributed by atoms with Crippen molar-refractivity contribution >= 4 is 10.8 Å². The third-order valence-electron chi connectivity index (χ3n) is 3.52. The molecule has 0 aliphatic rings. The Balaban J connectivity index is 0.000000771. The van der Waals surface area contributed by atoms with Gasteiger partial charge in [0.05, 0.1) is 0 Å². The summed E-state index contributed by atoms with van der Waals surface area (Å²) in [5.74, 6) is 0.563.